The first-order valence-electron chi connectivity index (χ1n) is 6.74. The number of rotatable bonds is 2. The Bertz CT molecular complexity index is 668. The summed E-state index contributed by atoms with van der Waals surface area (Å²) in [5, 5.41) is 2.63. The monoisotopic (exact) mass is 532 g/mol. The maximum absolute atomic E-state index is 5.89. The van der Waals surface area contributed by atoms with Gasteiger partial charge >= 0.3 is 0 Å². The summed E-state index contributed by atoms with van der Waals surface area (Å²) in [6.07, 6.45) is 0. The topological polar surface area (TPSA) is 18.5 Å². The second-order valence-corrected chi connectivity index (χ2v) is 7.85. The minimum atomic E-state index is 0. The fourth-order valence-electron chi connectivity index (χ4n) is 1.80. The van der Waals surface area contributed by atoms with Gasteiger partial charge in [0, 0.05) is 0 Å². The van der Waals surface area contributed by atoms with Crippen LogP contribution in [0.25, 0.3) is 0 Å². The molecule has 0 bridgehead atoms. The summed E-state index contributed by atoms with van der Waals surface area (Å²) >= 11 is 47.0. The Morgan fingerprint density at radius 1 is 0.444 bits per heavy atom. The first kappa shape index (κ1) is 27.4. The molecule has 0 fully saturated rings. The van der Waals surface area contributed by atoms with E-state index in [4.69, 9.17) is 102 Å². The van der Waals surface area contributed by atoms with Crippen molar-refractivity contribution >= 4 is 92.8 Å². The van der Waals surface area contributed by atoms with Gasteiger partial charge < -0.3 is 9.47 Å². The Labute approximate surface area is 199 Å². The van der Waals surface area contributed by atoms with Crippen molar-refractivity contribution in [3.05, 3.63) is 51.3 Å². The molecule has 10 heteroatoms. The van der Waals surface area contributed by atoms with E-state index in [9.17, 15) is 0 Å². The molecule has 0 aliphatic heterocycles. The van der Waals surface area contributed by atoms with Gasteiger partial charge in [-0.25, -0.2) is 0 Å². The SMILES string of the molecule is C.COc1c(Cl)c(Cl)c(OC)c(Cl)c1Cl.Cc1c(Cl)c(Cl)c(C)c(Cl)c1Cl. The normalized spacial score (nSPS) is 9.93. The van der Waals surface area contributed by atoms with E-state index in [1.807, 2.05) is 0 Å². The predicted molar refractivity (Wildman–Crippen MR) is 122 cm³/mol. The fourth-order valence-corrected chi connectivity index (χ4v) is 3.97. The van der Waals surface area contributed by atoms with Crippen molar-refractivity contribution in [3.8, 4) is 11.5 Å². The highest BCUT2D eigenvalue weighted by molar-refractivity contribution is 6.50. The first-order chi connectivity index (χ1) is 12.0. The van der Waals surface area contributed by atoms with Gasteiger partial charge in [0.25, 0.3) is 0 Å². The van der Waals surface area contributed by atoms with E-state index < -0.39 is 0 Å². The van der Waals surface area contributed by atoms with Crippen molar-refractivity contribution in [3.63, 3.8) is 0 Å². The fraction of sp³-hybridized carbons (Fsp3) is 0.294. The number of methoxy groups -OCH3 is 2. The van der Waals surface area contributed by atoms with Crippen LogP contribution in [0.3, 0.4) is 0 Å². The van der Waals surface area contributed by atoms with Crippen LogP contribution in [0.15, 0.2) is 0 Å². The lowest BCUT2D eigenvalue weighted by molar-refractivity contribution is 0.404. The molecule has 2 nitrogen and oxygen atoms in total. The van der Waals surface area contributed by atoms with E-state index in [1.54, 1.807) is 13.8 Å². The standard InChI is InChI=1S/C8H6Cl4O2.C8H6Cl4.CH4/c1-13-7-3(9)5(11)8(14-2)6(12)4(7)10;1-3-5(9)7(11)4(2)8(12)6(3)10;/h1-2H3;1-2H3;1H4. The molecule has 0 aliphatic rings. The van der Waals surface area contributed by atoms with Crippen molar-refractivity contribution in [2.24, 2.45) is 0 Å². The molecule has 0 radical (unpaired) electrons. The van der Waals surface area contributed by atoms with Crippen LogP contribution in [-0.4, -0.2) is 14.2 Å². The molecular weight excluding hydrogens is 520 g/mol. The highest BCUT2D eigenvalue weighted by atomic mass is 35.5. The maximum Gasteiger partial charge on any atom is 0.159 e. The van der Waals surface area contributed by atoms with Crippen molar-refractivity contribution in [2.75, 3.05) is 14.2 Å². The zero-order chi connectivity index (χ0) is 20.3. The third kappa shape index (κ3) is 5.71. The number of halogens is 8. The summed E-state index contributed by atoms with van der Waals surface area (Å²) in [6.45, 7) is 3.56. The molecule has 0 N–H and O–H groups in total. The summed E-state index contributed by atoms with van der Waals surface area (Å²) in [7, 11) is 2.85. The molecule has 2 rings (SSSR count). The van der Waals surface area contributed by atoms with E-state index in [1.165, 1.54) is 14.2 Å². The van der Waals surface area contributed by atoms with Gasteiger partial charge in [-0.05, 0) is 25.0 Å². The molecule has 0 spiro atoms. The average Bonchev–Trinajstić information content (AvgIpc) is 2.63. The lowest BCUT2D eigenvalue weighted by Crippen LogP contribution is -1.92. The van der Waals surface area contributed by atoms with Crippen molar-refractivity contribution < 1.29 is 9.47 Å². The Morgan fingerprint density at radius 3 is 0.778 bits per heavy atom. The quantitative estimate of drug-likeness (QED) is 0.356. The second kappa shape index (κ2) is 11.5. The van der Waals surface area contributed by atoms with Crippen LogP contribution in [0.5, 0.6) is 11.5 Å². The average molecular weight is 536 g/mol. The third-order valence-corrected chi connectivity index (χ3v) is 7.01. The highest BCUT2D eigenvalue weighted by Gasteiger charge is 2.21. The molecule has 2 aromatic rings. The van der Waals surface area contributed by atoms with Gasteiger partial charge in [0.05, 0.1) is 34.3 Å². The number of benzene rings is 2. The molecule has 0 amide bonds. The van der Waals surface area contributed by atoms with Crippen LogP contribution in [0, 0.1) is 13.8 Å². The third-order valence-electron chi connectivity index (χ3n) is 3.29. The molecule has 0 aliphatic carbocycles. The van der Waals surface area contributed by atoms with E-state index >= 15 is 0 Å². The Balaban J connectivity index is 0.000000488. The lowest BCUT2D eigenvalue weighted by Gasteiger charge is -2.12. The molecule has 0 unspecified atom stereocenters. The minimum absolute atomic E-state index is 0. The molecular formula is C17H16Cl8O2. The largest absolute Gasteiger partial charge is 0.494 e. The summed E-state index contributed by atoms with van der Waals surface area (Å²) in [6, 6.07) is 0. The Hall–Kier alpha value is 0.360. The molecule has 0 atom stereocenters. The van der Waals surface area contributed by atoms with Gasteiger partial charge in [-0.1, -0.05) is 100 Å². The van der Waals surface area contributed by atoms with Gasteiger partial charge in [-0.15, -0.1) is 0 Å². The van der Waals surface area contributed by atoms with Crippen LogP contribution in [0.2, 0.25) is 40.2 Å². The van der Waals surface area contributed by atoms with E-state index in [2.05, 4.69) is 0 Å². The lowest BCUT2D eigenvalue weighted by atomic mass is 10.2. The predicted octanol–water partition coefficient (Wildman–Crippen LogP) is 9.87. The van der Waals surface area contributed by atoms with Crippen LogP contribution in [-0.2, 0) is 0 Å². The summed E-state index contributed by atoms with van der Waals surface area (Å²) in [4.78, 5) is 0. The number of hydrogen-bond acceptors (Lipinski definition) is 2. The smallest absolute Gasteiger partial charge is 0.159 e. The molecule has 2 aromatic carbocycles. The summed E-state index contributed by atoms with van der Waals surface area (Å²) in [5.74, 6) is 0.480. The van der Waals surface area contributed by atoms with E-state index in [0.29, 0.717) is 20.1 Å². The molecule has 27 heavy (non-hydrogen) atoms. The van der Waals surface area contributed by atoms with Crippen molar-refractivity contribution in [1.82, 2.24) is 0 Å². The number of hydrogen-bond donors (Lipinski definition) is 0. The second-order valence-electron chi connectivity index (χ2n) is 4.83. The maximum atomic E-state index is 5.89. The van der Waals surface area contributed by atoms with Crippen LogP contribution in [0.1, 0.15) is 18.6 Å². The van der Waals surface area contributed by atoms with Crippen LogP contribution in [0.4, 0.5) is 0 Å². The van der Waals surface area contributed by atoms with E-state index in [0.717, 1.165) is 11.1 Å². The van der Waals surface area contributed by atoms with Gasteiger partial charge in [0.15, 0.2) is 11.5 Å². The summed E-state index contributed by atoms with van der Waals surface area (Å²) < 4.78 is 9.90. The van der Waals surface area contributed by atoms with Gasteiger partial charge in [0.1, 0.15) is 20.1 Å². The van der Waals surface area contributed by atoms with Crippen molar-refractivity contribution in [1.29, 1.82) is 0 Å². The zero-order valence-electron chi connectivity index (χ0n) is 13.8. The highest BCUT2D eigenvalue weighted by Crippen LogP contribution is 2.49. The summed E-state index contributed by atoms with van der Waals surface area (Å²) in [5.41, 5.74) is 1.44. The number of ether oxygens (including phenoxy) is 2. The first-order valence-corrected chi connectivity index (χ1v) is 9.76. The minimum Gasteiger partial charge on any atom is -0.494 e. The van der Waals surface area contributed by atoms with Gasteiger partial charge in [-0.3, -0.25) is 0 Å². The van der Waals surface area contributed by atoms with Crippen LogP contribution >= 0.6 is 92.8 Å². The molecule has 0 saturated heterocycles. The zero-order valence-corrected chi connectivity index (χ0v) is 19.9. The Kier molecular flexibility index (Phi) is 11.7. The van der Waals surface area contributed by atoms with Gasteiger partial charge in [-0.2, -0.15) is 0 Å². The van der Waals surface area contributed by atoms with Crippen LogP contribution < -0.4 is 9.47 Å². The van der Waals surface area contributed by atoms with Gasteiger partial charge in [0.2, 0.25) is 0 Å². The van der Waals surface area contributed by atoms with Crippen molar-refractivity contribution in [2.45, 2.75) is 21.3 Å². The Morgan fingerprint density at radius 2 is 0.630 bits per heavy atom. The molecule has 0 aromatic heterocycles. The molecule has 152 valence electrons. The van der Waals surface area contributed by atoms with E-state index in [-0.39, 0.29) is 39.0 Å². The molecule has 0 saturated carbocycles. The molecule has 0 heterocycles.